The highest BCUT2D eigenvalue weighted by Crippen LogP contribution is 2.38. The smallest absolute Gasteiger partial charge is 0.290 e. The molecule has 0 saturated carbocycles. The van der Waals surface area contributed by atoms with Crippen molar-refractivity contribution in [1.29, 1.82) is 0 Å². The lowest BCUT2D eigenvalue weighted by Crippen LogP contribution is -2.31. The quantitative estimate of drug-likeness (QED) is 0.483. The monoisotopic (exact) mass is 468 g/mol. The molecule has 0 spiro atoms. The van der Waals surface area contributed by atoms with Gasteiger partial charge in [0.15, 0.2) is 12.0 Å². The Balaban J connectivity index is 1.75. The highest BCUT2D eigenvalue weighted by atomic mass is 19.1. The molecule has 2 heterocycles. The summed E-state index contributed by atoms with van der Waals surface area (Å²) >= 11 is 0. The maximum absolute atomic E-state index is 13.9. The van der Waals surface area contributed by atoms with Gasteiger partial charge < -0.3 is 24.5 Å². The van der Waals surface area contributed by atoms with E-state index in [9.17, 15) is 18.8 Å². The minimum absolute atomic E-state index is 0.0482. The van der Waals surface area contributed by atoms with Crippen molar-refractivity contribution in [3.05, 3.63) is 75.4 Å². The minimum atomic E-state index is -0.726. The van der Waals surface area contributed by atoms with Crippen LogP contribution in [0.1, 0.15) is 48.0 Å². The summed E-state index contributed by atoms with van der Waals surface area (Å²) < 4.78 is 30.6. The predicted octanol–water partition coefficient (Wildman–Crippen LogP) is 3.16. The first-order valence-electron chi connectivity index (χ1n) is 11.0. The molecule has 4 rings (SSSR count). The minimum Gasteiger partial charge on any atom is -0.484 e. The number of ether oxygens (including phenoxy) is 2. The van der Waals surface area contributed by atoms with Gasteiger partial charge in [-0.05, 0) is 56.2 Å². The lowest BCUT2D eigenvalue weighted by molar-refractivity contribution is -0.119. The van der Waals surface area contributed by atoms with E-state index in [2.05, 4.69) is 0 Å². The zero-order chi connectivity index (χ0) is 24.4. The van der Waals surface area contributed by atoms with Crippen LogP contribution in [0.15, 0.2) is 51.7 Å². The third-order valence-electron chi connectivity index (χ3n) is 5.50. The van der Waals surface area contributed by atoms with E-state index in [-0.39, 0.29) is 35.0 Å². The van der Waals surface area contributed by atoms with Crippen LogP contribution in [0.2, 0.25) is 0 Å². The van der Waals surface area contributed by atoms with Gasteiger partial charge in [0.2, 0.25) is 5.76 Å². The number of carbonyl (C=O) groups excluding carboxylic acids is 2. The van der Waals surface area contributed by atoms with Crippen LogP contribution in [-0.2, 0) is 9.53 Å². The summed E-state index contributed by atoms with van der Waals surface area (Å²) in [6.45, 7) is 4.35. The van der Waals surface area contributed by atoms with E-state index in [0.29, 0.717) is 30.9 Å². The van der Waals surface area contributed by atoms with Crippen molar-refractivity contribution in [3.8, 4) is 5.75 Å². The number of amides is 2. The molecule has 34 heavy (non-hydrogen) atoms. The van der Waals surface area contributed by atoms with E-state index < -0.39 is 29.1 Å². The summed E-state index contributed by atoms with van der Waals surface area (Å²) in [5.74, 6) is -1.23. The van der Waals surface area contributed by atoms with Crippen LogP contribution in [0.5, 0.6) is 5.75 Å². The Hall–Kier alpha value is -3.72. The van der Waals surface area contributed by atoms with Gasteiger partial charge in [-0.3, -0.25) is 14.4 Å². The van der Waals surface area contributed by atoms with Crippen LogP contribution in [-0.4, -0.2) is 42.6 Å². The molecule has 1 unspecified atom stereocenters. The van der Waals surface area contributed by atoms with Crippen molar-refractivity contribution in [1.82, 2.24) is 4.90 Å². The molecule has 0 saturated heterocycles. The largest absolute Gasteiger partial charge is 0.484 e. The fourth-order valence-electron chi connectivity index (χ4n) is 4.02. The number of nitrogens with zero attached hydrogens (tertiary/aromatic N) is 1. The molecular weight excluding hydrogens is 443 g/mol. The molecule has 178 valence electrons. The number of benzene rings is 2. The Morgan fingerprint density at radius 2 is 1.91 bits per heavy atom. The topological polar surface area (TPSA) is 112 Å². The number of primary amides is 1. The first-order valence-corrected chi connectivity index (χ1v) is 11.0. The molecule has 8 nitrogen and oxygen atoms in total. The molecule has 3 aromatic rings. The van der Waals surface area contributed by atoms with Crippen molar-refractivity contribution >= 4 is 22.8 Å². The van der Waals surface area contributed by atoms with Gasteiger partial charge in [0.1, 0.15) is 17.1 Å². The van der Waals surface area contributed by atoms with Gasteiger partial charge in [-0.25, -0.2) is 4.39 Å². The maximum atomic E-state index is 13.9. The first kappa shape index (κ1) is 23.4. The van der Waals surface area contributed by atoms with Crippen molar-refractivity contribution in [2.75, 3.05) is 19.8 Å². The van der Waals surface area contributed by atoms with Crippen molar-refractivity contribution in [2.24, 2.45) is 5.73 Å². The zero-order valence-corrected chi connectivity index (χ0v) is 18.9. The highest BCUT2D eigenvalue weighted by molar-refractivity contribution is 5.99. The summed E-state index contributed by atoms with van der Waals surface area (Å²) in [6, 6.07) is 9.58. The van der Waals surface area contributed by atoms with Gasteiger partial charge in [-0.15, -0.1) is 0 Å². The van der Waals surface area contributed by atoms with Crippen LogP contribution >= 0.6 is 0 Å². The molecule has 1 atom stereocenters. The molecular formula is C25H25FN2O6. The molecule has 9 heteroatoms. The summed E-state index contributed by atoms with van der Waals surface area (Å²) in [4.78, 5) is 39.3. The summed E-state index contributed by atoms with van der Waals surface area (Å²) in [7, 11) is 0. The lowest BCUT2D eigenvalue weighted by atomic mass is 9.98. The van der Waals surface area contributed by atoms with Crippen molar-refractivity contribution in [2.45, 2.75) is 32.4 Å². The molecule has 1 aliphatic rings. The molecule has 2 aromatic carbocycles. The van der Waals surface area contributed by atoms with Crippen LogP contribution in [0.4, 0.5) is 4.39 Å². The summed E-state index contributed by atoms with van der Waals surface area (Å²) in [5.41, 5.74) is 5.62. The third kappa shape index (κ3) is 4.65. The van der Waals surface area contributed by atoms with Gasteiger partial charge in [0.05, 0.1) is 23.1 Å². The number of rotatable bonds is 9. The van der Waals surface area contributed by atoms with Crippen LogP contribution < -0.4 is 15.9 Å². The third-order valence-corrected chi connectivity index (χ3v) is 5.50. The second kappa shape index (κ2) is 9.64. The van der Waals surface area contributed by atoms with Gasteiger partial charge in [0, 0.05) is 13.2 Å². The van der Waals surface area contributed by atoms with Gasteiger partial charge in [-0.1, -0.05) is 12.1 Å². The molecule has 1 aromatic heterocycles. The number of hydrogen-bond donors (Lipinski definition) is 1. The Kier molecular flexibility index (Phi) is 6.65. The van der Waals surface area contributed by atoms with E-state index in [1.54, 1.807) is 29.2 Å². The first-order chi connectivity index (χ1) is 16.3. The average Bonchev–Trinajstić information content (AvgIpc) is 3.08. The highest BCUT2D eigenvalue weighted by Gasteiger charge is 2.42. The van der Waals surface area contributed by atoms with Gasteiger partial charge in [-0.2, -0.15) is 0 Å². The predicted molar refractivity (Wildman–Crippen MR) is 122 cm³/mol. The normalized spacial score (nSPS) is 15.2. The Bertz CT molecular complexity index is 1290. The molecule has 2 N–H and O–H groups in total. The van der Waals surface area contributed by atoms with Crippen LogP contribution in [0.25, 0.3) is 11.0 Å². The second-order valence-electron chi connectivity index (χ2n) is 8.31. The van der Waals surface area contributed by atoms with Crippen LogP contribution in [0.3, 0.4) is 0 Å². The van der Waals surface area contributed by atoms with Crippen molar-refractivity contribution < 1.29 is 27.9 Å². The van der Waals surface area contributed by atoms with Gasteiger partial charge in [0.25, 0.3) is 11.8 Å². The van der Waals surface area contributed by atoms with Crippen LogP contribution in [0, 0.1) is 5.82 Å². The number of fused-ring (bicyclic) bond motifs is 2. The number of carbonyl (C=O) groups is 2. The van der Waals surface area contributed by atoms with E-state index in [1.165, 1.54) is 12.1 Å². The maximum Gasteiger partial charge on any atom is 0.290 e. The molecule has 2 amide bonds. The summed E-state index contributed by atoms with van der Waals surface area (Å²) in [5, 5.41) is 0.0722. The van der Waals surface area contributed by atoms with E-state index in [1.807, 2.05) is 13.8 Å². The summed E-state index contributed by atoms with van der Waals surface area (Å²) in [6.07, 6.45) is 0.606. The average molecular weight is 468 g/mol. The number of nitrogens with two attached hydrogens (primary N) is 1. The standard InChI is InChI=1S/C25H25FN2O6/c1-14(2)32-11-3-10-28-22(15-4-7-17(8-5-15)33-13-20(27)29)21-23(30)18-12-16(26)6-9-19(18)34-24(21)25(28)31/h4-9,12,14,22H,3,10-11,13H2,1-2H3,(H2,27,29). The second-order valence-corrected chi connectivity index (χ2v) is 8.31. The zero-order valence-electron chi connectivity index (χ0n) is 18.9. The molecule has 1 aliphatic heterocycles. The van der Waals surface area contributed by atoms with E-state index in [4.69, 9.17) is 19.6 Å². The van der Waals surface area contributed by atoms with E-state index >= 15 is 0 Å². The molecule has 0 radical (unpaired) electrons. The van der Waals surface area contributed by atoms with Crippen molar-refractivity contribution in [3.63, 3.8) is 0 Å². The Labute approximate surface area is 195 Å². The molecule has 0 fully saturated rings. The molecule has 0 bridgehead atoms. The lowest BCUT2D eigenvalue weighted by Gasteiger charge is -2.25. The Morgan fingerprint density at radius 3 is 2.59 bits per heavy atom. The Morgan fingerprint density at radius 1 is 1.18 bits per heavy atom. The molecule has 0 aliphatic carbocycles. The van der Waals surface area contributed by atoms with E-state index in [0.717, 1.165) is 6.07 Å². The fourth-order valence-corrected chi connectivity index (χ4v) is 4.02. The fraction of sp³-hybridized carbons (Fsp3) is 0.320. The number of hydrogen-bond acceptors (Lipinski definition) is 6. The SMILES string of the molecule is CC(C)OCCCN1C(=O)c2oc3ccc(F)cc3c(=O)c2C1c1ccc(OCC(N)=O)cc1. The van der Waals surface area contributed by atoms with Gasteiger partial charge >= 0.3 is 0 Å². The number of halogens is 1.